The van der Waals surface area contributed by atoms with Crippen LogP contribution in [0.25, 0.3) is 5.57 Å². The van der Waals surface area contributed by atoms with Gasteiger partial charge >= 0.3 is 12.2 Å². The minimum Gasteiger partial charge on any atom is -0.497 e. The number of amides is 6. The number of alkyl halides is 6. The summed E-state index contributed by atoms with van der Waals surface area (Å²) < 4.78 is 50.3. The number of carbonyl (C=O) groups is 6. The Morgan fingerprint density at radius 1 is 0.593 bits per heavy atom. The fourth-order valence-electron chi connectivity index (χ4n) is 10.4. The summed E-state index contributed by atoms with van der Waals surface area (Å²) in [5, 5.41) is -0.424. The van der Waals surface area contributed by atoms with Crippen LogP contribution in [0, 0.1) is 0 Å². The molecule has 5 heterocycles. The molecule has 460 valence electrons. The Morgan fingerprint density at radius 2 is 1.10 bits per heavy atom. The van der Waals surface area contributed by atoms with E-state index < -0.39 is 94.3 Å². The molecule has 0 bridgehead atoms. The van der Waals surface area contributed by atoms with Gasteiger partial charge < -0.3 is 52.1 Å². The van der Waals surface area contributed by atoms with Gasteiger partial charge in [0, 0.05) is 37.4 Å². The average molecular weight is 1320 g/mol. The van der Waals surface area contributed by atoms with Crippen molar-refractivity contribution in [1.82, 2.24) is 14.7 Å². The summed E-state index contributed by atoms with van der Waals surface area (Å²) in [5.41, 5.74) is 2.61. The SMILES string of the molecule is COc1ccc(C2=CN3C(=O)c4cc(OC)c(OCCCOc5cc6c(cc5OC)C(=O)N5C=C(OCCN7C(=O)c8ccccc8C7=O)CC5[C@@H](O[Si](C)(C)C(C)(C)C)N6C(=O)OCC(Cl)(Cl)Cl)cc4N(C(=O)OCC(Cl)(Cl)Cl)[C@H](C)C3C2)cc1. The average Bonchev–Trinajstić information content (AvgIpc) is 1.67. The van der Waals surface area contributed by atoms with Crippen LogP contribution in [-0.4, -0.2) is 152 Å². The molecule has 9 rings (SSSR count). The van der Waals surface area contributed by atoms with Gasteiger partial charge in [-0.25, -0.2) is 14.5 Å². The Labute approximate surface area is 528 Å². The molecule has 0 aliphatic carbocycles. The highest BCUT2D eigenvalue weighted by atomic mass is 35.6. The van der Waals surface area contributed by atoms with Crippen molar-refractivity contribution >= 4 is 131 Å². The first-order chi connectivity index (χ1) is 40.5. The summed E-state index contributed by atoms with van der Waals surface area (Å²) in [7, 11) is 1.49. The molecule has 4 aromatic carbocycles. The van der Waals surface area contributed by atoms with Gasteiger partial charge in [-0.3, -0.25) is 29.0 Å². The van der Waals surface area contributed by atoms with E-state index in [-0.39, 0.29) is 84.7 Å². The third kappa shape index (κ3) is 13.4. The maximum Gasteiger partial charge on any atom is 0.416 e. The van der Waals surface area contributed by atoms with E-state index in [1.165, 1.54) is 59.4 Å². The number of ether oxygens (including phenoxy) is 8. The zero-order valence-electron chi connectivity index (χ0n) is 48.4. The zero-order chi connectivity index (χ0) is 62.4. The van der Waals surface area contributed by atoms with Crippen LogP contribution < -0.4 is 33.5 Å². The standard InChI is InChI=1S/C59H63Cl6N5O15Si/c1-33-42-23-35(34-15-17-36(77-5)18-16-34)29-67(42)52(73)40-25-46(78-6)48(27-43(40)69(33)55(75)83-31-58(60,61)62)81-20-12-21-82-49-28-44-41(26-47(49)79-7)53(74)68-30-37(80-22-19-66-50(71)38-13-10-11-14-39(38)51(66)72)24-45(68)54(85-86(8,9)57(2,3)4)70(44)56(76)84-32-59(63,64)65/h10-11,13-18,25-30,33,42,45,54H,12,19-24,31-32H2,1-9H3/t33-,42?,45?,54-/m1/s1. The van der Waals surface area contributed by atoms with Gasteiger partial charge in [0.05, 0.1) is 92.8 Å². The molecule has 0 radical (unpaired) electrons. The lowest BCUT2D eigenvalue weighted by Crippen LogP contribution is -2.58. The highest BCUT2D eigenvalue weighted by molar-refractivity contribution is 6.74. The number of fused-ring (bicyclic) bond motifs is 5. The molecule has 0 N–H and O–H groups in total. The van der Waals surface area contributed by atoms with Crippen molar-refractivity contribution in [2.45, 2.75) is 97.0 Å². The van der Waals surface area contributed by atoms with Crippen LogP contribution >= 0.6 is 69.6 Å². The number of carbonyl (C=O) groups excluding carboxylic acids is 6. The van der Waals surface area contributed by atoms with Crippen LogP contribution in [0.4, 0.5) is 21.0 Å². The summed E-state index contributed by atoms with van der Waals surface area (Å²) in [6.45, 7) is 10.4. The maximum absolute atomic E-state index is 15.1. The lowest BCUT2D eigenvalue weighted by atomic mass is 9.98. The van der Waals surface area contributed by atoms with Gasteiger partial charge in [-0.15, -0.1) is 0 Å². The van der Waals surface area contributed by atoms with Gasteiger partial charge in [0.15, 0.2) is 37.5 Å². The molecule has 0 saturated heterocycles. The van der Waals surface area contributed by atoms with Crippen LogP contribution in [0.5, 0.6) is 28.7 Å². The van der Waals surface area contributed by atoms with Crippen LogP contribution in [0.1, 0.15) is 94.0 Å². The number of benzene rings is 4. The third-order valence-electron chi connectivity index (χ3n) is 15.8. The van der Waals surface area contributed by atoms with Gasteiger partial charge in [-0.05, 0) is 79.0 Å². The van der Waals surface area contributed by atoms with E-state index in [1.807, 2.05) is 58.1 Å². The summed E-state index contributed by atoms with van der Waals surface area (Å²) in [4.78, 5) is 91.7. The zero-order valence-corrected chi connectivity index (χ0v) is 53.9. The largest absolute Gasteiger partial charge is 0.497 e. The van der Waals surface area contributed by atoms with Crippen molar-refractivity contribution in [3.63, 3.8) is 0 Å². The van der Waals surface area contributed by atoms with Crippen molar-refractivity contribution in [3.8, 4) is 28.7 Å². The van der Waals surface area contributed by atoms with Crippen LogP contribution in [0.3, 0.4) is 0 Å². The predicted octanol–water partition coefficient (Wildman–Crippen LogP) is 12.6. The molecule has 0 spiro atoms. The van der Waals surface area contributed by atoms with Gasteiger partial charge in [0.2, 0.25) is 7.59 Å². The number of anilines is 2. The van der Waals surface area contributed by atoms with Crippen LogP contribution in [0.2, 0.25) is 18.1 Å². The Hall–Kier alpha value is -6.30. The normalized spacial score (nSPS) is 19.4. The number of halogens is 6. The van der Waals surface area contributed by atoms with Crippen molar-refractivity contribution in [2.75, 3.05) is 70.7 Å². The number of rotatable bonds is 18. The van der Waals surface area contributed by atoms with Gasteiger partial charge in [-0.1, -0.05) is 115 Å². The van der Waals surface area contributed by atoms with E-state index in [0.29, 0.717) is 29.1 Å². The van der Waals surface area contributed by atoms with Gasteiger partial charge in [0.25, 0.3) is 23.6 Å². The molecular formula is C59H63Cl6N5O15Si. The van der Waals surface area contributed by atoms with E-state index >= 15 is 4.79 Å². The Kier molecular flexibility index (Phi) is 19.0. The van der Waals surface area contributed by atoms with Crippen molar-refractivity contribution in [2.24, 2.45) is 0 Å². The first-order valence-corrected chi connectivity index (χ1v) is 32.4. The van der Waals surface area contributed by atoms with Crippen molar-refractivity contribution < 1.29 is 71.1 Å². The fourth-order valence-corrected chi connectivity index (χ4v) is 11.9. The second-order valence-electron chi connectivity index (χ2n) is 22.3. The smallest absolute Gasteiger partial charge is 0.416 e. The van der Waals surface area contributed by atoms with Crippen LogP contribution in [0.15, 0.2) is 91.0 Å². The summed E-state index contributed by atoms with van der Waals surface area (Å²) >= 11 is 36.5. The minimum atomic E-state index is -2.89. The summed E-state index contributed by atoms with van der Waals surface area (Å²) in [5.74, 6) is -0.299. The Balaban J connectivity index is 0.986. The first kappa shape index (κ1) is 64.2. The number of hydrogen-bond acceptors (Lipinski definition) is 15. The summed E-state index contributed by atoms with van der Waals surface area (Å²) in [6, 6.07) is 17.8. The number of hydrogen-bond donors (Lipinski definition) is 0. The Bertz CT molecular complexity index is 3350. The first-order valence-electron chi connectivity index (χ1n) is 27.3. The molecule has 5 aliphatic rings. The molecule has 0 saturated carbocycles. The maximum atomic E-state index is 15.1. The molecule has 20 nitrogen and oxygen atoms in total. The highest BCUT2D eigenvalue weighted by Crippen LogP contribution is 2.48. The number of nitrogens with zero attached hydrogens (tertiary/aromatic N) is 5. The van der Waals surface area contributed by atoms with Crippen molar-refractivity contribution in [3.05, 3.63) is 119 Å². The lowest BCUT2D eigenvalue weighted by Gasteiger charge is -2.44. The van der Waals surface area contributed by atoms with Gasteiger partial charge in [-0.2, -0.15) is 0 Å². The molecule has 4 atom stereocenters. The van der Waals surface area contributed by atoms with E-state index in [1.54, 1.807) is 49.4 Å². The van der Waals surface area contributed by atoms with Crippen LogP contribution in [-0.2, 0) is 18.6 Å². The van der Waals surface area contributed by atoms with Gasteiger partial charge in [0.1, 0.15) is 31.3 Å². The monoisotopic (exact) mass is 1320 g/mol. The molecule has 5 aliphatic heterocycles. The number of methoxy groups -OCH3 is 3. The molecule has 86 heavy (non-hydrogen) atoms. The molecular weight excluding hydrogens is 1260 g/mol. The molecule has 0 fully saturated rings. The van der Waals surface area contributed by atoms with Crippen molar-refractivity contribution in [1.29, 1.82) is 0 Å². The van der Waals surface area contributed by atoms with E-state index in [0.717, 1.165) is 16.0 Å². The molecule has 6 amide bonds. The molecule has 2 unspecified atom stereocenters. The second kappa shape index (κ2) is 25.4. The predicted molar refractivity (Wildman–Crippen MR) is 327 cm³/mol. The van der Waals surface area contributed by atoms with E-state index in [9.17, 15) is 24.0 Å². The Morgan fingerprint density at radius 3 is 1.60 bits per heavy atom. The third-order valence-corrected chi connectivity index (χ3v) is 20.9. The fraction of sp³-hybridized carbons (Fsp3) is 0.424. The van der Waals surface area contributed by atoms with E-state index in [4.69, 9.17) is 112 Å². The highest BCUT2D eigenvalue weighted by Gasteiger charge is 2.52. The quantitative estimate of drug-likeness (QED) is 0.0394. The van der Waals surface area contributed by atoms with E-state index in [2.05, 4.69) is 0 Å². The topological polar surface area (TPSA) is 202 Å². The number of imide groups is 1. The molecule has 0 aromatic heterocycles. The second-order valence-corrected chi connectivity index (χ2v) is 32.1. The lowest BCUT2D eigenvalue weighted by molar-refractivity contribution is 0.0559. The summed E-state index contributed by atoms with van der Waals surface area (Å²) in [6.07, 6.45) is 0.773. The molecule has 27 heteroatoms. The molecule has 4 aromatic rings. The minimum absolute atomic E-state index is 0.00556.